The summed E-state index contributed by atoms with van der Waals surface area (Å²) >= 11 is 0. The van der Waals surface area contributed by atoms with Crippen LogP contribution in [0.5, 0.6) is 0 Å². The van der Waals surface area contributed by atoms with Gasteiger partial charge >= 0.3 is 0 Å². The van der Waals surface area contributed by atoms with Gasteiger partial charge in [-0.15, -0.1) is 0 Å². The second-order valence-electron chi connectivity index (χ2n) is 4.50. The lowest BCUT2D eigenvalue weighted by molar-refractivity contribution is 0.0291. The molecule has 2 nitrogen and oxygen atoms in total. The normalized spacial score (nSPS) is 25.4. The maximum Gasteiger partial charge on any atom is 0.161 e. The zero-order valence-electron chi connectivity index (χ0n) is 10.00. The maximum absolute atomic E-state index is 13.6. The fourth-order valence-electron chi connectivity index (χ4n) is 2.44. The Hall–Kier alpha value is -1.07. The van der Waals surface area contributed by atoms with Crippen LogP contribution in [0.15, 0.2) is 12.1 Å². The van der Waals surface area contributed by atoms with Crippen LogP contribution in [0, 0.1) is 23.4 Å². The van der Waals surface area contributed by atoms with E-state index in [0.29, 0.717) is 25.5 Å². The van der Waals surface area contributed by atoms with E-state index < -0.39 is 23.6 Å². The predicted molar refractivity (Wildman–Crippen MR) is 59.4 cm³/mol. The van der Waals surface area contributed by atoms with Crippen molar-refractivity contribution in [3.63, 3.8) is 0 Å². The third-order valence-electron chi connectivity index (χ3n) is 3.43. The summed E-state index contributed by atoms with van der Waals surface area (Å²) in [4.78, 5) is 0. The first-order valence-corrected chi connectivity index (χ1v) is 5.98. The molecule has 0 amide bonds. The molecular formula is C13H15F3O2. The standard InChI is InChI=1S/C13H15F3O2/c1-2-12-7(3-4-18-12)13(17)8-5-10(15)11(16)6-9(8)14/h5-7,12-13,17H,2-4H2,1H3. The Morgan fingerprint density at radius 1 is 1.28 bits per heavy atom. The molecule has 1 aliphatic heterocycles. The Bertz CT molecular complexity index is 436. The van der Waals surface area contributed by atoms with Gasteiger partial charge in [0.15, 0.2) is 11.6 Å². The van der Waals surface area contributed by atoms with Gasteiger partial charge in [-0.05, 0) is 18.9 Å². The van der Waals surface area contributed by atoms with E-state index in [1.165, 1.54) is 0 Å². The number of halogens is 3. The molecule has 1 N–H and O–H groups in total. The number of hydrogen-bond acceptors (Lipinski definition) is 2. The van der Waals surface area contributed by atoms with E-state index in [-0.39, 0.29) is 17.6 Å². The third-order valence-corrected chi connectivity index (χ3v) is 3.43. The lowest BCUT2D eigenvalue weighted by Gasteiger charge is -2.23. The Balaban J connectivity index is 2.28. The molecular weight excluding hydrogens is 245 g/mol. The molecule has 0 saturated carbocycles. The number of hydrogen-bond donors (Lipinski definition) is 1. The fraction of sp³-hybridized carbons (Fsp3) is 0.538. The van der Waals surface area contributed by atoms with Gasteiger partial charge in [0.1, 0.15) is 5.82 Å². The molecule has 3 atom stereocenters. The van der Waals surface area contributed by atoms with E-state index in [4.69, 9.17) is 4.74 Å². The molecule has 1 heterocycles. The van der Waals surface area contributed by atoms with E-state index in [2.05, 4.69) is 0 Å². The smallest absolute Gasteiger partial charge is 0.161 e. The van der Waals surface area contributed by atoms with Gasteiger partial charge in [-0.1, -0.05) is 6.92 Å². The molecule has 0 aliphatic carbocycles. The Kier molecular flexibility index (Phi) is 3.92. The average Bonchev–Trinajstić information content (AvgIpc) is 2.81. The second-order valence-corrected chi connectivity index (χ2v) is 4.50. The highest BCUT2D eigenvalue weighted by atomic mass is 19.2. The first kappa shape index (κ1) is 13.4. The molecule has 18 heavy (non-hydrogen) atoms. The predicted octanol–water partition coefficient (Wildman–Crippen LogP) is 2.95. The van der Waals surface area contributed by atoms with Gasteiger partial charge in [-0.25, -0.2) is 13.2 Å². The van der Waals surface area contributed by atoms with Crippen LogP contribution >= 0.6 is 0 Å². The number of benzene rings is 1. The summed E-state index contributed by atoms with van der Waals surface area (Å²) in [5.41, 5.74) is -0.206. The molecule has 1 aliphatic rings. The fourth-order valence-corrected chi connectivity index (χ4v) is 2.44. The molecule has 5 heteroatoms. The lowest BCUT2D eigenvalue weighted by atomic mass is 9.88. The average molecular weight is 260 g/mol. The Labute approximate surface area is 103 Å². The van der Waals surface area contributed by atoms with E-state index >= 15 is 0 Å². The van der Waals surface area contributed by atoms with Gasteiger partial charge in [-0.3, -0.25) is 0 Å². The van der Waals surface area contributed by atoms with Gasteiger partial charge in [0.25, 0.3) is 0 Å². The van der Waals surface area contributed by atoms with Gasteiger partial charge in [-0.2, -0.15) is 0 Å². The topological polar surface area (TPSA) is 29.5 Å². The zero-order valence-corrected chi connectivity index (χ0v) is 10.00. The van der Waals surface area contributed by atoms with Crippen LogP contribution in [0.25, 0.3) is 0 Å². The van der Waals surface area contributed by atoms with Gasteiger partial charge in [0, 0.05) is 24.2 Å². The summed E-state index contributed by atoms with van der Waals surface area (Å²) < 4.78 is 44.9. The largest absolute Gasteiger partial charge is 0.388 e. The third kappa shape index (κ3) is 2.37. The molecule has 0 radical (unpaired) electrons. The molecule has 100 valence electrons. The number of aliphatic hydroxyl groups excluding tert-OH is 1. The Morgan fingerprint density at radius 3 is 2.61 bits per heavy atom. The van der Waals surface area contributed by atoms with Crippen molar-refractivity contribution in [2.24, 2.45) is 5.92 Å². The van der Waals surface area contributed by atoms with Crippen LogP contribution in [0.4, 0.5) is 13.2 Å². The molecule has 1 saturated heterocycles. The lowest BCUT2D eigenvalue weighted by Crippen LogP contribution is -2.23. The molecule has 3 unspecified atom stereocenters. The number of rotatable bonds is 3. The van der Waals surface area contributed by atoms with Crippen LogP contribution in [-0.2, 0) is 4.74 Å². The first-order chi connectivity index (χ1) is 8.54. The Morgan fingerprint density at radius 2 is 1.94 bits per heavy atom. The molecule has 0 spiro atoms. The van der Waals surface area contributed by atoms with Crippen molar-refractivity contribution in [3.8, 4) is 0 Å². The molecule has 0 bridgehead atoms. The highest BCUT2D eigenvalue weighted by Gasteiger charge is 2.35. The summed E-state index contributed by atoms with van der Waals surface area (Å²) in [5, 5.41) is 10.1. The van der Waals surface area contributed by atoms with Crippen molar-refractivity contribution in [1.29, 1.82) is 0 Å². The SMILES string of the molecule is CCC1OCCC1C(O)c1cc(F)c(F)cc1F. The molecule has 1 aromatic rings. The molecule has 2 rings (SSSR count). The highest BCUT2D eigenvalue weighted by molar-refractivity contribution is 5.23. The highest BCUT2D eigenvalue weighted by Crippen LogP contribution is 2.36. The van der Waals surface area contributed by atoms with Crippen LogP contribution in [0.1, 0.15) is 31.4 Å². The van der Waals surface area contributed by atoms with Crippen molar-refractivity contribution >= 4 is 0 Å². The molecule has 0 aromatic heterocycles. The van der Waals surface area contributed by atoms with Crippen molar-refractivity contribution in [3.05, 3.63) is 35.1 Å². The minimum absolute atomic E-state index is 0.174. The van der Waals surface area contributed by atoms with Crippen molar-refractivity contribution in [1.82, 2.24) is 0 Å². The minimum Gasteiger partial charge on any atom is -0.388 e. The van der Waals surface area contributed by atoms with Crippen molar-refractivity contribution in [2.45, 2.75) is 32.0 Å². The van der Waals surface area contributed by atoms with E-state index in [9.17, 15) is 18.3 Å². The summed E-state index contributed by atoms with van der Waals surface area (Å²) in [5.74, 6) is -3.62. The van der Waals surface area contributed by atoms with Gasteiger partial charge < -0.3 is 9.84 Å². The van der Waals surface area contributed by atoms with Gasteiger partial charge in [0.05, 0.1) is 12.2 Å². The summed E-state index contributed by atoms with van der Waals surface area (Å²) in [6, 6.07) is 1.19. The van der Waals surface area contributed by atoms with Crippen LogP contribution in [0.3, 0.4) is 0 Å². The zero-order chi connectivity index (χ0) is 13.3. The second kappa shape index (κ2) is 5.28. The van der Waals surface area contributed by atoms with Crippen molar-refractivity contribution in [2.75, 3.05) is 6.61 Å². The summed E-state index contributed by atoms with van der Waals surface area (Å²) in [7, 11) is 0. The minimum atomic E-state index is -1.25. The molecule has 1 aromatic carbocycles. The van der Waals surface area contributed by atoms with Gasteiger partial charge in [0.2, 0.25) is 0 Å². The number of aliphatic hydroxyl groups is 1. The van der Waals surface area contributed by atoms with Crippen LogP contribution in [0.2, 0.25) is 0 Å². The number of ether oxygens (including phenoxy) is 1. The monoisotopic (exact) mass is 260 g/mol. The summed E-state index contributed by atoms with van der Waals surface area (Å²) in [6.07, 6.45) is -0.0782. The van der Waals surface area contributed by atoms with E-state index in [1.54, 1.807) is 0 Å². The van der Waals surface area contributed by atoms with Crippen LogP contribution < -0.4 is 0 Å². The van der Waals surface area contributed by atoms with E-state index in [0.717, 1.165) is 6.07 Å². The quantitative estimate of drug-likeness (QED) is 0.847. The van der Waals surface area contributed by atoms with Crippen molar-refractivity contribution < 1.29 is 23.0 Å². The van der Waals surface area contributed by atoms with Crippen LogP contribution in [-0.4, -0.2) is 17.8 Å². The first-order valence-electron chi connectivity index (χ1n) is 5.98. The maximum atomic E-state index is 13.6. The summed E-state index contributed by atoms with van der Waals surface area (Å²) in [6.45, 7) is 2.39. The van der Waals surface area contributed by atoms with E-state index in [1.807, 2.05) is 6.92 Å². The molecule has 1 fully saturated rings.